The van der Waals surface area contributed by atoms with Gasteiger partial charge in [0.15, 0.2) is 0 Å². The van der Waals surface area contributed by atoms with Gasteiger partial charge in [0.05, 0.1) is 0 Å². The van der Waals surface area contributed by atoms with Crippen molar-refractivity contribution < 1.29 is 0 Å². The number of fused-ring (bicyclic) bond motifs is 2. The molecule has 2 heterocycles. The van der Waals surface area contributed by atoms with E-state index in [1.165, 1.54) is 13.0 Å². The molecule has 3 rings (SSSR count). The lowest BCUT2D eigenvalue weighted by atomic mass is 9.62. The zero-order chi connectivity index (χ0) is 7.35. The third-order valence-electron chi connectivity index (χ3n) is 3.13. The Balaban J connectivity index is 2.30. The fraction of sp³-hybridized carbons (Fsp3) is 0.778. The van der Waals surface area contributed by atoms with Gasteiger partial charge < -0.3 is 4.90 Å². The van der Waals surface area contributed by atoms with E-state index in [1.54, 1.807) is 5.70 Å². The SMILES string of the molecule is CN1CCC2C=C1C2(C)C. The molecule has 1 heteroatoms. The van der Waals surface area contributed by atoms with Crippen LogP contribution in [-0.4, -0.2) is 18.5 Å². The van der Waals surface area contributed by atoms with Gasteiger partial charge >= 0.3 is 0 Å². The summed E-state index contributed by atoms with van der Waals surface area (Å²) in [5, 5.41) is 0. The van der Waals surface area contributed by atoms with Crippen molar-refractivity contribution >= 4 is 0 Å². The lowest BCUT2D eigenvalue weighted by molar-refractivity contribution is 0.114. The van der Waals surface area contributed by atoms with Crippen molar-refractivity contribution in [3.63, 3.8) is 0 Å². The summed E-state index contributed by atoms with van der Waals surface area (Å²) >= 11 is 0. The molecule has 1 aliphatic carbocycles. The number of allylic oxidation sites excluding steroid dienone is 2. The van der Waals surface area contributed by atoms with E-state index in [9.17, 15) is 0 Å². The monoisotopic (exact) mass is 137 g/mol. The molecule has 10 heavy (non-hydrogen) atoms. The molecule has 0 aromatic heterocycles. The highest BCUT2D eigenvalue weighted by Crippen LogP contribution is 2.51. The normalized spacial score (nSPS) is 34.9. The van der Waals surface area contributed by atoms with Crippen molar-refractivity contribution in [2.75, 3.05) is 13.6 Å². The van der Waals surface area contributed by atoms with Gasteiger partial charge in [-0.05, 0) is 12.3 Å². The Bertz CT molecular complexity index is 191. The van der Waals surface area contributed by atoms with Crippen LogP contribution in [0.1, 0.15) is 20.3 Å². The minimum absolute atomic E-state index is 0.493. The number of hydrogen-bond acceptors (Lipinski definition) is 1. The molecule has 0 radical (unpaired) electrons. The molecule has 1 fully saturated rings. The smallest absolute Gasteiger partial charge is 0.0177 e. The maximum atomic E-state index is 2.42. The Morgan fingerprint density at radius 1 is 1.60 bits per heavy atom. The van der Waals surface area contributed by atoms with Gasteiger partial charge in [0.1, 0.15) is 0 Å². The summed E-state index contributed by atoms with van der Waals surface area (Å²) in [6, 6.07) is 0. The van der Waals surface area contributed by atoms with E-state index in [-0.39, 0.29) is 0 Å². The largest absolute Gasteiger partial charge is 0.378 e. The van der Waals surface area contributed by atoms with Crippen LogP contribution in [-0.2, 0) is 0 Å². The van der Waals surface area contributed by atoms with Crippen molar-refractivity contribution in [2.45, 2.75) is 20.3 Å². The quantitative estimate of drug-likeness (QED) is 0.492. The third kappa shape index (κ3) is 0.536. The van der Waals surface area contributed by atoms with Crippen LogP contribution in [0.5, 0.6) is 0 Å². The van der Waals surface area contributed by atoms with Crippen LogP contribution in [0.3, 0.4) is 0 Å². The van der Waals surface area contributed by atoms with E-state index >= 15 is 0 Å². The Kier molecular flexibility index (Phi) is 0.988. The first-order chi connectivity index (χ1) is 4.62. The number of rotatable bonds is 0. The zero-order valence-electron chi connectivity index (χ0n) is 7.02. The molecule has 1 unspecified atom stereocenters. The molecule has 2 bridgehead atoms. The standard InChI is InChI=1S/C9H15N/c1-9(2)7-4-5-10(3)8(9)6-7/h6-7H,4-5H2,1-3H3. The second kappa shape index (κ2) is 1.58. The van der Waals surface area contributed by atoms with Gasteiger partial charge in [-0.1, -0.05) is 19.9 Å². The first-order valence-electron chi connectivity index (χ1n) is 4.06. The molecule has 56 valence electrons. The molecule has 0 aromatic carbocycles. The van der Waals surface area contributed by atoms with Crippen molar-refractivity contribution in [3.05, 3.63) is 11.8 Å². The van der Waals surface area contributed by atoms with Gasteiger partial charge in [0, 0.05) is 24.7 Å². The van der Waals surface area contributed by atoms with Gasteiger partial charge in [-0.25, -0.2) is 0 Å². The molecule has 0 amide bonds. The highest BCUT2D eigenvalue weighted by molar-refractivity contribution is 5.29. The second-order valence-corrected chi connectivity index (χ2v) is 4.09. The first-order valence-corrected chi connectivity index (χ1v) is 4.06. The molecule has 0 saturated carbocycles. The topological polar surface area (TPSA) is 3.24 Å². The minimum Gasteiger partial charge on any atom is -0.378 e. The summed E-state index contributed by atoms with van der Waals surface area (Å²) in [7, 11) is 2.20. The third-order valence-corrected chi connectivity index (χ3v) is 3.13. The molecular weight excluding hydrogens is 122 g/mol. The fourth-order valence-corrected chi connectivity index (χ4v) is 2.22. The van der Waals surface area contributed by atoms with Gasteiger partial charge in [0.2, 0.25) is 0 Å². The Morgan fingerprint density at radius 2 is 2.30 bits per heavy atom. The van der Waals surface area contributed by atoms with Crippen molar-refractivity contribution in [3.8, 4) is 0 Å². The van der Waals surface area contributed by atoms with Crippen LogP contribution in [0.15, 0.2) is 11.8 Å². The van der Waals surface area contributed by atoms with E-state index < -0.39 is 0 Å². The van der Waals surface area contributed by atoms with Gasteiger partial charge in [0.25, 0.3) is 0 Å². The Morgan fingerprint density at radius 3 is 2.60 bits per heavy atom. The van der Waals surface area contributed by atoms with E-state index in [0.29, 0.717) is 5.41 Å². The molecule has 1 nitrogen and oxygen atoms in total. The van der Waals surface area contributed by atoms with Crippen molar-refractivity contribution in [1.29, 1.82) is 0 Å². The van der Waals surface area contributed by atoms with Crippen LogP contribution in [0.25, 0.3) is 0 Å². The van der Waals surface area contributed by atoms with Crippen molar-refractivity contribution in [1.82, 2.24) is 4.90 Å². The average molecular weight is 137 g/mol. The van der Waals surface area contributed by atoms with Crippen LogP contribution >= 0.6 is 0 Å². The summed E-state index contributed by atoms with van der Waals surface area (Å²) in [5.41, 5.74) is 2.05. The van der Waals surface area contributed by atoms with Crippen LogP contribution in [0.2, 0.25) is 0 Å². The summed E-state index contributed by atoms with van der Waals surface area (Å²) in [6.07, 6.45) is 3.77. The van der Waals surface area contributed by atoms with Crippen molar-refractivity contribution in [2.24, 2.45) is 11.3 Å². The minimum atomic E-state index is 0.493. The second-order valence-electron chi connectivity index (χ2n) is 4.09. The molecule has 0 N–H and O–H groups in total. The summed E-state index contributed by atoms with van der Waals surface area (Å²) < 4.78 is 0. The van der Waals surface area contributed by atoms with Gasteiger partial charge in [-0.3, -0.25) is 0 Å². The molecule has 2 aliphatic heterocycles. The van der Waals surface area contributed by atoms with E-state index in [1.807, 2.05) is 0 Å². The molecule has 0 aromatic rings. The molecular formula is C9H15N. The van der Waals surface area contributed by atoms with Crippen LogP contribution in [0, 0.1) is 11.3 Å². The van der Waals surface area contributed by atoms with Gasteiger partial charge in [-0.2, -0.15) is 0 Å². The maximum Gasteiger partial charge on any atom is 0.0177 e. The average Bonchev–Trinajstić information content (AvgIpc) is 1.87. The Labute approximate surface area is 62.7 Å². The zero-order valence-corrected chi connectivity index (χ0v) is 7.02. The van der Waals surface area contributed by atoms with Crippen LogP contribution < -0.4 is 0 Å². The highest BCUT2D eigenvalue weighted by Gasteiger charge is 2.44. The molecule has 1 atom stereocenters. The van der Waals surface area contributed by atoms with E-state index in [2.05, 4.69) is 31.9 Å². The molecule has 3 aliphatic rings. The predicted octanol–water partition coefficient (Wildman–Crippen LogP) is 1.86. The summed E-state index contributed by atoms with van der Waals surface area (Å²) in [6.45, 7) is 5.96. The Hall–Kier alpha value is -0.460. The summed E-state index contributed by atoms with van der Waals surface area (Å²) in [4.78, 5) is 2.39. The summed E-state index contributed by atoms with van der Waals surface area (Å²) in [5.74, 6) is 0.874. The predicted molar refractivity (Wildman–Crippen MR) is 42.6 cm³/mol. The lowest BCUT2D eigenvalue weighted by Gasteiger charge is -2.53. The maximum absolute atomic E-state index is 2.42. The van der Waals surface area contributed by atoms with Gasteiger partial charge in [-0.15, -0.1) is 0 Å². The van der Waals surface area contributed by atoms with Crippen LogP contribution in [0.4, 0.5) is 0 Å². The highest BCUT2D eigenvalue weighted by atomic mass is 15.1. The number of piperidine rings is 1. The lowest BCUT2D eigenvalue weighted by Crippen LogP contribution is -2.48. The fourth-order valence-electron chi connectivity index (χ4n) is 2.22. The van der Waals surface area contributed by atoms with E-state index in [4.69, 9.17) is 0 Å². The van der Waals surface area contributed by atoms with E-state index in [0.717, 1.165) is 5.92 Å². The molecule has 1 saturated heterocycles. The number of hydrogen-bond donors (Lipinski definition) is 0. The first kappa shape index (κ1) is 6.26. The number of nitrogens with zero attached hydrogens (tertiary/aromatic N) is 1. The molecule has 0 spiro atoms.